The maximum Gasteiger partial charge on any atom is 0.100 e. The molecule has 3 nitrogen and oxygen atoms in total. The fourth-order valence-corrected chi connectivity index (χ4v) is 2.65. The van der Waals surface area contributed by atoms with Crippen LogP contribution < -0.4 is 0 Å². The Balaban J connectivity index is 2.02. The summed E-state index contributed by atoms with van der Waals surface area (Å²) in [6.45, 7) is 4.05. The van der Waals surface area contributed by atoms with E-state index in [0.29, 0.717) is 0 Å². The molecule has 2 unspecified atom stereocenters. The van der Waals surface area contributed by atoms with Gasteiger partial charge in [-0.2, -0.15) is 0 Å². The van der Waals surface area contributed by atoms with Gasteiger partial charge in [0.2, 0.25) is 0 Å². The van der Waals surface area contributed by atoms with Crippen molar-refractivity contribution in [2.75, 3.05) is 0 Å². The minimum Gasteiger partial charge on any atom is -0.386 e. The first kappa shape index (κ1) is 10.5. The van der Waals surface area contributed by atoms with E-state index in [9.17, 15) is 5.11 Å². The molecule has 0 saturated heterocycles. The summed E-state index contributed by atoms with van der Waals surface area (Å²) >= 11 is 0. The van der Waals surface area contributed by atoms with E-state index in [1.807, 2.05) is 31.5 Å². The van der Waals surface area contributed by atoms with Gasteiger partial charge in [0.15, 0.2) is 0 Å². The Hall–Kier alpha value is -1.61. The fourth-order valence-electron chi connectivity index (χ4n) is 2.65. The van der Waals surface area contributed by atoms with Crippen LogP contribution in [-0.4, -0.2) is 14.7 Å². The van der Waals surface area contributed by atoms with Gasteiger partial charge in [-0.25, -0.2) is 4.98 Å². The lowest BCUT2D eigenvalue weighted by Crippen LogP contribution is -2.14. The summed E-state index contributed by atoms with van der Waals surface area (Å²) in [5.41, 5.74) is 4.48. The van der Waals surface area contributed by atoms with Gasteiger partial charge >= 0.3 is 0 Å². The Labute approximate surface area is 101 Å². The molecule has 0 spiro atoms. The van der Waals surface area contributed by atoms with E-state index in [4.69, 9.17) is 0 Å². The summed E-state index contributed by atoms with van der Waals surface area (Å²) in [5, 5.41) is 10.4. The molecule has 2 atom stereocenters. The molecule has 0 aliphatic heterocycles. The third-order valence-corrected chi connectivity index (χ3v) is 3.81. The molecule has 1 aromatic carbocycles. The van der Waals surface area contributed by atoms with Crippen molar-refractivity contribution in [3.8, 4) is 0 Å². The van der Waals surface area contributed by atoms with Crippen molar-refractivity contribution in [1.29, 1.82) is 0 Å². The zero-order chi connectivity index (χ0) is 12.0. The quantitative estimate of drug-likeness (QED) is 0.813. The van der Waals surface area contributed by atoms with Gasteiger partial charge in [-0.3, -0.25) is 0 Å². The summed E-state index contributed by atoms with van der Waals surface area (Å²) in [5.74, 6) is 0. The highest BCUT2D eigenvalue weighted by atomic mass is 16.3. The molecule has 1 aliphatic carbocycles. The van der Waals surface area contributed by atoms with Crippen molar-refractivity contribution in [1.82, 2.24) is 9.55 Å². The highest BCUT2D eigenvalue weighted by molar-refractivity contribution is 5.35. The first-order valence-corrected chi connectivity index (χ1v) is 5.94. The number of imidazole rings is 1. The van der Waals surface area contributed by atoms with Gasteiger partial charge in [-0.15, -0.1) is 0 Å². The molecule has 88 valence electrons. The topological polar surface area (TPSA) is 38.0 Å². The van der Waals surface area contributed by atoms with Crippen LogP contribution in [0.4, 0.5) is 0 Å². The van der Waals surface area contributed by atoms with Crippen LogP contribution in [0.15, 0.2) is 30.6 Å². The number of hydrogen-bond donors (Lipinski definition) is 1. The Morgan fingerprint density at radius 2 is 2.06 bits per heavy atom. The lowest BCUT2D eigenvalue weighted by Gasteiger charge is -2.18. The van der Waals surface area contributed by atoms with Gasteiger partial charge in [-0.05, 0) is 31.4 Å². The normalized spacial score (nSPS) is 22.8. The number of aliphatic hydroxyl groups is 1. The zero-order valence-corrected chi connectivity index (χ0v) is 10.1. The Bertz CT molecular complexity index is 559. The third kappa shape index (κ3) is 1.50. The second kappa shape index (κ2) is 3.70. The maximum absolute atomic E-state index is 10.4. The summed E-state index contributed by atoms with van der Waals surface area (Å²) in [7, 11) is 0. The minimum absolute atomic E-state index is 0.0913. The van der Waals surface area contributed by atoms with Crippen molar-refractivity contribution >= 4 is 0 Å². The molecule has 3 heteroatoms. The van der Waals surface area contributed by atoms with E-state index in [1.54, 1.807) is 0 Å². The molecule has 1 aromatic heterocycles. The summed E-state index contributed by atoms with van der Waals surface area (Å²) < 4.78 is 2.10. The van der Waals surface area contributed by atoms with Crippen LogP contribution in [0.3, 0.4) is 0 Å². The largest absolute Gasteiger partial charge is 0.386 e. The molecule has 3 rings (SSSR count). The molecule has 0 radical (unpaired) electrons. The van der Waals surface area contributed by atoms with E-state index in [2.05, 4.69) is 22.5 Å². The molecule has 1 aliphatic rings. The highest BCUT2D eigenvalue weighted by Gasteiger charge is 2.32. The minimum atomic E-state index is -0.418. The molecule has 1 N–H and O–H groups in total. The van der Waals surface area contributed by atoms with Crippen LogP contribution >= 0.6 is 0 Å². The van der Waals surface area contributed by atoms with Crippen molar-refractivity contribution < 1.29 is 5.11 Å². The number of aliphatic hydroxyl groups excluding tert-OH is 1. The molecule has 1 heterocycles. The number of nitrogens with zero attached hydrogens (tertiary/aromatic N) is 2. The number of fused-ring (bicyclic) bond motifs is 1. The van der Waals surface area contributed by atoms with Crippen LogP contribution in [0.5, 0.6) is 0 Å². The zero-order valence-electron chi connectivity index (χ0n) is 10.1. The number of benzene rings is 1. The molecule has 0 amide bonds. The fraction of sp³-hybridized carbons (Fsp3) is 0.357. The molecular formula is C14H16N2O. The van der Waals surface area contributed by atoms with Gasteiger partial charge < -0.3 is 9.67 Å². The molecule has 0 fully saturated rings. The number of aryl methyl sites for hydroxylation is 1. The Morgan fingerprint density at radius 1 is 1.29 bits per heavy atom. The average molecular weight is 228 g/mol. The standard InChI is InChI=1S/C14H16N2O/c1-9-10(2)16(8-15-9)13-7-11-5-3-4-6-12(11)14(13)17/h3-6,8,13-14,17H,7H2,1-2H3. The predicted molar refractivity (Wildman–Crippen MR) is 65.8 cm³/mol. The molecule has 2 aromatic rings. The molecule has 0 bridgehead atoms. The Morgan fingerprint density at radius 3 is 2.71 bits per heavy atom. The third-order valence-electron chi connectivity index (χ3n) is 3.81. The monoisotopic (exact) mass is 228 g/mol. The molecular weight excluding hydrogens is 212 g/mol. The van der Waals surface area contributed by atoms with Crippen LogP contribution in [-0.2, 0) is 6.42 Å². The van der Waals surface area contributed by atoms with Gasteiger partial charge in [0.1, 0.15) is 6.10 Å². The number of hydrogen-bond acceptors (Lipinski definition) is 2. The SMILES string of the molecule is Cc1ncn(C2Cc3ccccc3C2O)c1C. The first-order chi connectivity index (χ1) is 8.18. The van der Waals surface area contributed by atoms with Gasteiger partial charge in [0.05, 0.1) is 18.1 Å². The number of rotatable bonds is 1. The summed E-state index contributed by atoms with van der Waals surface area (Å²) in [4.78, 5) is 4.31. The lowest BCUT2D eigenvalue weighted by atomic mass is 10.1. The first-order valence-electron chi connectivity index (χ1n) is 5.94. The van der Waals surface area contributed by atoms with Crippen molar-refractivity contribution in [3.63, 3.8) is 0 Å². The van der Waals surface area contributed by atoms with E-state index in [1.165, 1.54) is 5.56 Å². The maximum atomic E-state index is 10.4. The molecule has 17 heavy (non-hydrogen) atoms. The van der Waals surface area contributed by atoms with Gasteiger partial charge in [0.25, 0.3) is 0 Å². The van der Waals surface area contributed by atoms with Crippen LogP contribution in [0.1, 0.15) is 34.7 Å². The lowest BCUT2D eigenvalue weighted by molar-refractivity contribution is 0.126. The average Bonchev–Trinajstić information content (AvgIpc) is 2.83. The van der Waals surface area contributed by atoms with E-state index in [0.717, 1.165) is 23.4 Å². The smallest absolute Gasteiger partial charge is 0.100 e. The van der Waals surface area contributed by atoms with E-state index in [-0.39, 0.29) is 6.04 Å². The Kier molecular flexibility index (Phi) is 2.30. The molecule has 0 saturated carbocycles. The second-order valence-electron chi connectivity index (χ2n) is 4.74. The summed E-state index contributed by atoms with van der Waals surface area (Å²) in [6, 6.07) is 8.21. The van der Waals surface area contributed by atoms with Crippen molar-refractivity contribution in [2.45, 2.75) is 32.4 Å². The van der Waals surface area contributed by atoms with Crippen molar-refractivity contribution in [2.24, 2.45) is 0 Å². The van der Waals surface area contributed by atoms with Crippen LogP contribution in [0.25, 0.3) is 0 Å². The highest BCUT2D eigenvalue weighted by Crippen LogP contribution is 2.39. The van der Waals surface area contributed by atoms with E-state index < -0.39 is 6.10 Å². The summed E-state index contributed by atoms with van der Waals surface area (Å²) in [6.07, 6.45) is 2.30. The van der Waals surface area contributed by atoms with Crippen LogP contribution in [0.2, 0.25) is 0 Å². The van der Waals surface area contributed by atoms with E-state index >= 15 is 0 Å². The van der Waals surface area contributed by atoms with Crippen molar-refractivity contribution in [3.05, 3.63) is 53.1 Å². The second-order valence-corrected chi connectivity index (χ2v) is 4.74. The van der Waals surface area contributed by atoms with Crippen LogP contribution in [0, 0.1) is 13.8 Å². The number of aromatic nitrogens is 2. The predicted octanol–water partition coefficient (Wildman–Crippen LogP) is 2.33. The van der Waals surface area contributed by atoms with Gasteiger partial charge in [-0.1, -0.05) is 24.3 Å². The van der Waals surface area contributed by atoms with Gasteiger partial charge in [0, 0.05) is 5.69 Å².